The lowest BCUT2D eigenvalue weighted by Crippen LogP contribution is -2.55. The third-order valence-corrected chi connectivity index (χ3v) is 7.10. The molecule has 0 saturated carbocycles. The van der Waals surface area contributed by atoms with Crippen molar-refractivity contribution in [2.45, 2.75) is 25.5 Å². The van der Waals surface area contributed by atoms with Crippen LogP contribution in [0.3, 0.4) is 0 Å². The summed E-state index contributed by atoms with van der Waals surface area (Å²) in [5.41, 5.74) is 1.40. The molecule has 3 N–H and O–H groups in total. The van der Waals surface area contributed by atoms with E-state index in [0.29, 0.717) is 40.9 Å². The van der Waals surface area contributed by atoms with Crippen LogP contribution in [0.4, 0.5) is 5.13 Å². The van der Waals surface area contributed by atoms with Gasteiger partial charge in [0, 0.05) is 38.3 Å². The van der Waals surface area contributed by atoms with Gasteiger partial charge in [0.25, 0.3) is 5.91 Å². The average molecular weight is 501 g/mol. The van der Waals surface area contributed by atoms with Crippen LogP contribution in [0.25, 0.3) is 11.5 Å². The van der Waals surface area contributed by atoms with Crippen LogP contribution >= 0.6 is 22.9 Å². The second-order valence-corrected chi connectivity index (χ2v) is 8.95. The van der Waals surface area contributed by atoms with Gasteiger partial charge in [-0.1, -0.05) is 28.9 Å². The zero-order valence-corrected chi connectivity index (χ0v) is 19.9. The molecule has 1 amide bonds. The van der Waals surface area contributed by atoms with E-state index in [-0.39, 0.29) is 40.1 Å². The number of H-pyrrole nitrogens is 1. The van der Waals surface area contributed by atoms with Gasteiger partial charge < -0.3 is 25.0 Å². The third kappa shape index (κ3) is 4.48. The molecule has 1 aliphatic heterocycles. The minimum Gasteiger partial charge on any atom is -0.477 e. The number of methoxy groups -OCH3 is 1. The normalized spacial score (nSPS) is 17.9. The van der Waals surface area contributed by atoms with Crippen molar-refractivity contribution >= 4 is 39.9 Å². The molecule has 0 radical (unpaired) electrons. The average Bonchev–Trinajstić information content (AvgIpc) is 3.41. The van der Waals surface area contributed by atoms with Gasteiger partial charge in [-0.3, -0.25) is 4.79 Å². The maximum absolute atomic E-state index is 12.9. The molecule has 4 rings (SSSR count). The first-order chi connectivity index (χ1) is 16.3. The Labute approximate surface area is 204 Å². The van der Waals surface area contributed by atoms with Crippen molar-refractivity contribution < 1.29 is 19.4 Å². The molecule has 0 bridgehead atoms. The minimum atomic E-state index is -1.10. The lowest BCUT2D eigenvalue weighted by atomic mass is 10.0. The number of piperidine rings is 1. The lowest BCUT2D eigenvalue weighted by molar-refractivity contribution is 0.0540. The molecule has 3 aromatic heterocycles. The molecule has 1 saturated heterocycles. The predicted octanol–water partition coefficient (Wildman–Crippen LogP) is 2.59. The van der Waals surface area contributed by atoms with Crippen molar-refractivity contribution in [1.82, 2.24) is 25.3 Å². The molecule has 0 unspecified atom stereocenters. The van der Waals surface area contributed by atoms with Crippen LogP contribution in [0.2, 0.25) is 5.02 Å². The van der Waals surface area contributed by atoms with E-state index in [1.807, 2.05) is 4.90 Å². The van der Waals surface area contributed by atoms with Gasteiger partial charge in [-0.25, -0.2) is 19.7 Å². The summed E-state index contributed by atoms with van der Waals surface area (Å²) < 4.78 is 5.65. The van der Waals surface area contributed by atoms with Crippen molar-refractivity contribution in [1.29, 1.82) is 0 Å². The van der Waals surface area contributed by atoms with Crippen LogP contribution < -0.4 is 10.2 Å². The number of aromatic nitrogens is 4. The topological polar surface area (TPSA) is 133 Å². The summed E-state index contributed by atoms with van der Waals surface area (Å²) in [6.07, 6.45) is 8.77. The summed E-state index contributed by atoms with van der Waals surface area (Å²) in [6, 6.07) is 1.35. The zero-order chi connectivity index (χ0) is 24.4. The van der Waals surface area contributed by atoms with Crippen LogP contribution in [-0.2, 0) is 4.74 Å². The second-order valence-electron chi connectivity index (χ2n) is 7.60. The van der Waals surface area contributed by atoms with E-state index >= 15 is 0 Å². The van der Waals surface area contributed by atoms with Crippen LogP contribution in [0, 0.1) is 19.3 Å². The van der Waals surface area contributed by atoms with Gasteiger partial charge in [-0.05, 0) is 19.4 Å². The van der Waals surface area contributed by atoms with Crippen LogP contribution in [0.15, 0.2) is 18.5 Å². The van der Waals surface area contributed by atoms with E-state index in [0.717, 1.165) is 11.3 Å². The Bertz CT molecular complexity index is 1270. The molecule has 10 nitrogen and oxygen atoms in total. The van der Waals surface area contributed by atoms with Gasteiger partial charge in [0.15, 0.2) is 11.0 Å². The number of hydrogen-bond donors (Lipinski definition) is 3. The van der Waals surface area contributed by atoms with Gasteiger partial charge in [0.1, 0.15) is 16.3 Å². The van der Waals surface area contributed by atoms with Crippen LogP contribution in [0.1, 0.15) is 37.8 Å². The molecule has 3 aromatic rings. The van der Waals surface area contributed by atoms with Crippen molar-refractivity contribution in [3.8, 4) is 23.9 Å². The molecule has 1 aliphatic rings. The fraction of sp³-hybridized carbons (Fsp3) is 0.318. The van der Waals surface area contributed by atoms with E-state index in [4.69, 9.17) is 22.8 Å². The fourth-order valence-electron chi connectivity index (χ4n) is 3.80. The Hall–Kier alpha value is -3.46. The van der Waals surface area contributed by atoms with E-state index < -0.39 is 5.97 Å². The van der Waals surface area contributed by atoms with Gasteiger partial charge in [-0.2, -0.15) is 0 Å². The number of carbonyl (C=O) groups is 2. The SMILES string of the molecule is C#Cc1c(C(=O)N[C@@H]2CCN(c3nc(-c4ncccn4)c(C(=O)O)s3)C[C@@H]2OC)[nH]c(C)c1Cl. The van der Waals surface area contributed by atoms with Crippen LogP contribution in [0.5, 0.6) is 0 Å². The number of nitrogens with zero attached hydrogens (tertiary/aromatic N) is 4. The first kappa shape index (κ1) is 23.7. The molecule has 0 aromatic carbocycles. The number of halogens is 1. The first-order valence-corrected chi connectivity index (χ1v) is 11.5. The summed E-state index contributed by atoms with van der Waals surface area (Å²) in [5, 5.41) is 13.5. The van der Waals surface area contributed by atoms with Crippen LogP contribution in [-0.4, -0.2) is 69.3 Å². The zero-order valence-electron chi connectivity index (χ0n) is 18.3. The monoisotopic (exact) mass is 500 g/mol. The number of amides is 1. The number of aryl methyl sites for hydroxylation is 1. The summed E-state index contributed by atoms with van der Waals surface area (Å²) in [5.74, 6) is 1.24. The Balaban J connectivity index is 1.52. The standard InChI is InChI=1S/C22H21ClN6O4S/c1-4-12-15(23)11(2)26-16(12)20(30)27-13-6-9-29(10-14(13)33-3)22-28-17(18(34-22)21(31)32)19-24-7-5-8-25-19/h1,5,7-8,13-14,26H,6,9-10H2,2-3H3,(H,27,30)(H,31,32)/t13-,14+/m1/s1. The van der Waals surface area contributed by atoms with Gasteiger partial charge in [0.05, 0.1) is 22.7 Å². The van der Waals surface area contributed by atoms with Crippen molar-refractivity contribution in [2.75, 3.05) is 25.1 Å². The maximum Gasteiger partial charge on any atom is 0.348 e. The summed E-state index contributed by atoms with van der Waals surface area (Å²) in [6.45, 7) is 2.67. The number of anilines is 1. The van der Waals surface area contributed by atoms with E-state index in [1.54, 1.807) is 20.1 Å². The van der Waals surface area contributed by atoms with E-state index in [1.165, 1.54) is 12.4 Å². The quantitative estimate of drug-likeness (QED) is 0.440. The lowest BCUT2D eigenvalue weighted by Gasteiger charge is -2.37. The summed E-state index contributed by atoms with van der Waals surface area (Å²) in [7, 11) is 1.56. The van der Waals surface area contributed by atoms with Gasteiger partial charge >= 0.3 is 5.97 Å². The highest BCUT2D eigenvalue weighted by Gasteiger charge is 2.34. The number of nitrogens with one attached hydrogen (secondary N) is 2. The molecule has 176 valence electrons. The largest absolute Gasteiger partial charge is 0.477 e. The summed E-state index contributed by atoms with van der Waals surface area (Å²) in [4.78, 5) is 42.4. The second kappa shape index (κ2) is 9.80. The number of hydrogen-bond acceptors (Lipinski definition) is 8. The number of carbonyl (C=O) groups excluding carboxylic acids is 1. The van der Waals surface area contributed by atoms with Crippen molar-refractivity contribution in [3.63, 3.8) is 0 Å². The first-order valence-electron chi connectivity index (χ1n) is 10.3. The maximum atomic E-state index is 12.9. The van der Waals surface area contributed by atoms with Gasteiger partial charge in [-0.15, -0.1) is 6.42 Å². The number of aromatic carboxylic acids is 1. The highest BCUT2D eigenvalue weighted by molar-refractivity contribution is 7.17. The molecule has 12 heteroatoms. The molecular formula is C22H21ClN6O4S. The van der Waals surface area contributed by atoms with Crippen molar-refractivity contribution in [2.24, 2.45) is 0 Å². The molecule has 0 spiro atoms. The molecular weight excluding hydrogens is 480 g/mol. The smallest absolute Gasteiger partial charge is 0.348 e. The third-order valence-electron chi connectivity index (χ3n) is 5.52. The fourth-order valence-corrected chi connectivity index (χ4v) is 4.94. The molecule has 1 fully saturated rings. The predicted molar refractivity (Wildman–Crippen MR) is 127 cm³/mol. The molecule has 2 atom stereocenters. The number of terminal acetylenes is 1. The Morgan fingerprint density at radius 2 is 2.15 bits per heavy atom. The van der Waals surface area contributed by atoms with Gasteiger partial charge in [0.2, 0.25) is 0 Å². The molecule has 0 aliphatic carbocycles. The summed E-state index contributed by atoms with van der Waals surface area (Å²) >= 11 is 7.24. The number of aromatic amines is 1. The number of ether oxygens (including phenoxy) is 1. The number of carboxylic acids is 1. The Morgan fingerprint density at radius 1 is 1.41 bits per heavy atom. The number of thiazole rings is 1. The molecule has 34 heavy (non-hydrogen) atoms. The van der Waals surface area contributed by atoms with Crippen molar-refractivity contribution in [3.05, 3.63) is 45.3 Å². The van der Waals surface area contributed by atoms with E-state index in [9.17, 15) is 14.7 Å². The number of carboxylic acid groups (broad SMARTS) is 1. The highest BCUT2D eigenvalue weighted by atomic mass is 35.5. The Kier molecular flexibility index (Phi) is 6.83. The van der Waals surface area contributed by atoms with E-state index in [2.05, 4.69) is 31.2 Å². The minimum absolute atomic E-state index is 0.0615. The molecule has 4 heterocycles. The Morgan fingerprint density at radius 3 is 2.79 bits per heavy atom. The highest BCUT2D eigenvalue weighted by Crippen LogP contribution is 2.33. The number of rotatable bonds is 6.